The van der Waals surface area contributed by atoms with E-state index in [1.165, 1.54) is 6.07 Å². The van der Waals surface area contributed by atoms with Crippen LogP contribution >= 0.6 is 0 Å². The van der Waals surface area contributed by atoms with Gasteiger partial charge in [0.25, 0.3) is 5.91 Å². The van der Waals surface area contributed by atoms with Gasteiger partial charge in [0.2, 0.25) is 11.7 Å². The quantitative estimate of drug-likeness (QED) is 0.818. The van der Waals surface area contributed by atoms with Gasteiger partial charge in [-0.2, -0.15) is 0 Å². The minimum absolute atomic E-state index is 0.0343. The number of hydrogen-bond acceptors (Lipinski definition) is 5. The molecule has 2 amide bonds. The standard InChI is InChI=1S/C20H22N2O5/c1-14-7-8-17(27-14)20(25)26-13-18(23)22-11-9-15(10-12-22)19(24)21-16-5-3-2-4-6-16/h2-8,15H,9-13H2,1H3,(H,21,24). The van der Waals surface area contributed by atoms with Crippen molar-refractivity contribution in [3.8, 4) is 0 Å². The van der Waals surface area contributed by atoms with Crippen molar-refractivity contribution < 1.29 is 23.5 Å². The van der Waals surface area contributed by atoms with Gasteiger partial charge in [0.05, 0.1) is 0 Å². The molecule has 0 unspecified atom stereocenters. The number of anilines is 1. The maximum atomic E-state index is 12.3. The number of benzene rings is 1. The molecule has 1 aliphatic heterocycles. The van der Waals surface area contributed by atoms with Crippen LogP contribution in [0.5, 0.6) is 0 Å². The summed E-state index contributed by atoms with van der Waals surface area (Å²) in [7, 11) is 0. The van der Waals surface area contributed by atoms with E-state index < -0.39 is 5.97 Å². The second-order valence-corrected chi connectivity index (χ2v) is 6.50. The largest absolute Gasteiger partial charge is 0.454 e. The zero-order chi connectivity index (χ0) is 19.2. The lowest BCUT2D eigenvalue weighted by Gasteiger charge is -2.31. The molecule has 1 saturated heterocycles. The summed E-state index contributed by atoms with van der Waals surface area (Å²) in [5, 5.41) is 2.89. The molecule has 0 radical (unpaired) electrons. The molecule has 7 heteroatoms. The Morgan fingerprint density at radius 2 is 1.81 bits per heavy atom. The summed E-state index contributed by atoms with van der Waals surface area (Å²) in [6.45, 7) is 2.31. The van der Waals surface area contributed by atoms with Crippen molar-refractivity contribution in [1.29, 1.82) is 0 Å². The van der Waals surface area contributed by atoms with Gasteiger partial charge in [0.15, 0.2) is 6.61 Å². The molecule has 1 fully saturated rings. The first-order valence-electron chi connectivity index (χ1n) is 8.90. The van der Waals surface area contributed by atoms with Crippen molar-refractivity contribution >= 4 is 23.5 Å². The highest BCUT2D eigenvalue weighted by atomic mass is 16.5. The zero-order valence-corrected chi connectivity index (χ0v) is 15.1. The third-order valence-corrected chi connectivity index (χ3v) is 4.53. The Bertz CT molecular complexity index is 807. The van der Waals surface area contributed by atoms with Crippen LogP contribution in [-0.2, 0) is 14.3 Å². The molecular formula is C20H22N2O5. The van der Waals surface area contributed by atoms with Crippen molar-refractivity contribution in [2.24, 2.45) is 5.92 Å². The molecule has 142 valence electrons. The number of hydrogen-bond donors (Lipinski definition) is 1. The summed E-state index contributed by atoms with van der Waals surface area (Å²) in [6, 6.07) is 12.5. The summed E-state index contributed by atoms with van der Waals surface area (Å²) in [5.41, 5.74) is 0.765. The number of aryl methyl sites for hydroxylation is 1. The van der Waals surface area contributed by atoms with E-state index in [-0.39, 0.29) is 30.1 Å². The molecular weight excluding hydrogens is 348 g/mol. The van der Waals surface area contributed by atoms with Gasteiger partial charge in [-0.3, -0.25) is 9.59 Å². The van der Waals surface area contributed by atoms with E-state index in [4.69, 9.17) is 9.15 Å². The topological polar surface area (TPSA) is 88.9 Å². The maximum Gasteiger partial charge on any atom is 0.374 e. The van der Waals surface area contributed by atoms with Gasteiger partial charge in [-0.25, -0.2) is 4.79 Å². The number of esters is 1. The van der Waals surface area contributed by atoms with Crippen LogP contribution in [0.4, 0.5) is 5.69 Å². The predicted molar refractivity (Wildman–Crippen MR) is 98.1 cm³/mol. The SMILES string of the molecule is Cc1ccc(C(=O)OCC(=O)N2CCC(C(=O)Nc3ccccc3)CC2)o1. The summed E-state index contributed by atoms with van der Waals surface area (Å²) < 4.78 is 10.2. The molecule has 1 aromatic heterocycles. The van der Waals surface area contributed by atoms with Crippen LogP contribution in [0.15, 0.2) is 46.9 Å². The van der Waals surface area contributed by atoms with Crippen molar-refractivity contribution in [3.63, 3.8) is 0 Å². The second kappa shape index (κ2) is 8.53. The summed E-state index contributed by atoms with van der Waals surface area (Å²) >= 11 is 0. The monoisotopic (exact) mass is 370 g/mol. The minimum Gasteiger partial charge on any atom is -0.454 e. The first-order chi connectivity index (χ1) is 13.0. The average Bonchev–Trinajstić information content (AvgIpc) is 3.13. The van der Waals surface area contributed by atoms with Gasteiger partial charge in [0.1, 0.15) is 5.76 Å². The Labute approximate surface area is 157 Å². The van der Waals surface area contributed by atoms with Crippen LogP contribution in [0.1, 0.15) is 29.2 Å². The highest BCUT2D eigenvalue weighted by Crippen LogP contribution is 2.20. The number of piperidine rings is 1. The van der Waals surface area contributed by atoms with Gasteiger partial charge in [-0.15, -0.1) is 0 Å². The number of furan rings is 1. The van der Waals surface area contributed by atoms with E-state index in [0.29, 0.717) is 31.7 Å². The number of carbonyl (C=O) groups excluding carboxylic acids is 3. The number of para-hydroxylation sites is 1. The van der Waals surface area contributed by atoms with Gasteiger partial charge in [0, 0.05) is 24.7 Å². The molecule has 2 aromatic rings. The maximum absolute atomic E-state index is 12.3. The van der Waals surface area contributed by atoms with Gasteiger partial charge in [-0.1, -0.05) is 18.2 Å². The minimum atomic E-state index is -0.659. The molecule has 0 bridgehead atoms. The van der Waals surface area contributed by atoms with Gasteiger partial charge < -0.3 is 19.4 Å². The Kier molecular flexibility index (Phi) is 5.90. The third-order valence-electron chi connectivity index (χ3n) is 4.53. The predicted octanol–water partition coefficient (Wildman–Crippen LogP) is 2.62. The van der Waals surface area contributed by atoms with E-state index in [9.17, 15) is 14.4 Å². The van der Waals surface area contributed by atoms with Crippen LogP contribution in [-0.4, -0.2) is 42.4 Å². The Morgan fingerprint density at radius 3 is 2.44 bits per heavy atom. The Hall–Kier alpha value is -3.09. The molecule has 7 nitrogen and oxygen atoms in total. The third kappa shape index (κ3) is 4.97. The molecule has 1 N–H and O–H groups in total. The number of nitrogens with zero attached hydrogens (tertiary/aromatic N) is 1. The fourth-order valence-electron chi connectivity index (χ4n) is 2.99. The fourth-order valence-corrected chi connectivity index (χ4v) is 2.99. The van der Waals surface area contributed by atoms with E-state index in [2.05, 4.69) is 5.32 Å². The Balaban J connectivity index is 1.42. The smallest absolute Gasteiger partial charge is 0.374 e. The first kappa shape index (κ1) is 18.7. The lowest BCUT2D eigenvalue weighted by Crippen LogP contribution is -2.43. The van der Waals surface area contributed by atoms with Crippen LogP contribution in [0.3, 0.4) is 0 Å². The highest BCUT2D eigenvalue weighted by Gasteiger charge is 2.28. The fraction of sp³-hybridized carbons (Fsp3) is 0.350. The van der Waals surface area contributed by atoms with Crippen molar-refractivity contribution in [1.82, 2.24) is 4.90 Å². The number of ether oxygens (including phenoxy) is 1. The molecule has 0 saturated carbocycles. The molecule has 1 aromatic carbocycles. The second-order valence-electron chi connectivity index (χ2n) is 6.50. The van der Waals surface area contributed by atoms with Crippen LogP contribution in [0.25, 0.3) is 0 Å². The van der Waals surface area contributed by atoms with Crippen LogP contribution in [0, 0.1) is 12.8 Å². The molecule has 0 aliphatic carbocycles. The molecule has 0 atom stereocenters. The molecule has 27 heavy (non-hydrogen) atoms. The van der Waals surface area contributed by atoms with Crippen molar-refractivity contribution in [2.45, 2.75) is 19.8 Å². The number of nitrogens with one attached hydrogen (secondary N) is 1. The highest BCUT2D eigenvalue weighted by molar-refractivity contribution is 5.93. The molecule has 0 spiro atoms. The number of rotatable bonds is 5. The van der Waals surface area contributed by atoms with E-state index in [1.54, 1.807) is 17.9 Å². The Morgan fingerprint density at radius 1 is 1.11 bits per heavy atom. The summed E-state index contributed by atoms with van der Waals surface area (Å²) in [4.78, 5) is 38.0. The van der Waals surface area contributed by atoms with E-state index >= 15 is 0 Å². The van der Waals surface area contributed by atoms with Gasteiger partial charge in [-0.05, 0) is 44.0 Å². The first-order valence-corrected chi connectivity index (χ1v) is 8.90. The average molecular weight is 370 g/mol. The normalized spacial score (nSPS) is 14.6. The number of amides is 2. The molecule has 2 heterocycles. The van der Waals surface area contributed by atoms with E-state index in [0.717, 1.165) is 5.69 Å². The lowest BCUT2D eigenvalue weighted by molar-refractivity contribution is -0.137. The molecule has 1 aliphatic rings. The number of carbonyl (C=O) groups is 3. The van der Waals surface area contributed by atoms with Crippen molar-refractivity contribution in [3.05, 3.63) is 54.0 Å². The van der Waals surface area contributed by atoms with E-state index in [1.807, 2.05) is 30.3 Å². The van der Waals surface area contributed by atoms with Gasteiger partial charge >= 0.3 is 5.97 Å². The molecule has 3 rings (SSSR count). The summed E-state index contributed by atoms with van der Waals surface area (Å²) in [5.74, 6) is -0.418. The van der Waals surface area contributed by atoms with Crippen LogP contribution in [0.2, 0.25) is 0 Å². The van der Waals surface area contributed by atoms with Crippen LogP contribution < -0.4 is 5.32 Å². The number of likely N-dealkylation sites (tertiary alicyclic amines) is 1. The zero-order valence-electron chi connectivity index (χ0n) is 15.1. The summed E-state index contributed by atoms with van der Waals surface area (Å²) in [6.07, 6.45) is 1.16. The lowest BCUT2D eigenvalue weighted by atomic mass is 9.95. The van der Waals surface area contributed by atoms with Crippen molar-refractivity contribution in [2.75, 3.05) is 25.0 Å².